The van der Waals surface area contributed by atoms with E-state index in [2.05, 4.69) is 0 Å². The van der Waals surface area contributed by atoms with Gasteiger partial charge in [0.15, 0.2) is 6.10 Å². The van der Waals surface area contributed by atoms with Crippen LogP contribution in [0.5, 0.6) is 0 Å². The van der Waals surface area contributed by atoms with Crippen molar-refractivity contribution in [2.45, 2.75) is 12.3 Å². The lowest BCUT2D eigenvalue weighted by molar-refractivity contribution is -0.207. The average molecular weight is 209 g/mol. The molecule has 0 saturated heterocycles. The number of carbonyl (C=O) groups is 2. The van der Waals surface area contributed by atoms with Crippen molar-refractivity contribution in [3.05, 3.63) is 12.2 Å². The second kappa shape index (κ2) is 3.41. The number of alkyl halides is 3. The summed E-state index contributed by atoms with van der Waals surface area (Å²) in [7, 11) is 0. The predicted octanol–water partition coefficient (Wildman–Crippen LogP) is -0.165. The third-order valence-electron chi connectivity index (χ3n) is 1.63. The van der Waals surface area contributed by atoms with Crippen LogP contribution in [-0.2, 0) is 9.59 Å². The average Bonchev–Trinajstić information content (AvgIpc) is 2.34. The van der Waals surface area contributed by atoms with Gasteiger partial charge in [-0.1, -0.05) is 0 Å². The molecule has 0 radical (unpaired) electrons. The molecular formula is C7H6F3NO3. The Labute approximate surface area is 76.6 Å². The largest absolute Gasteiger partial charge is 0.416 e. The highest BCUT2D eigenvalue weighted by Gasteiger charge is 2.41. The number of aliphatic hydroxyl groups excluding tert-OH is 1. The van der Waals surface area contributed by atoms with Crippen molar-refractivity contribution >= 4 is 11.8 Å². The number of carbonyl (C=O) groups excluding carboxylic acids is 2. The zero-order chi connectivity index (χ0) is 10.9. The molecule has 1 rings (SSSR count). The summed E-state index contributed by atoms with van der Waals surface area (Å²) < 4.78 is 35.5. The molecule has 0 bridgehead atoms. The molecule has 0 aromatic carbocycles. The van der Waals surface area contributed by atoms with E-state index in [9.17, 15) is 22.8 Å². The van der Waals surface area contributed by atoms with Crippen molar-refractivity contribution in [3.63, 3.8) is 0 Å². The summed E-state index contributed by atoms with van der Waals surface area (Å²) in [5.41, 5.74) is 0. The van der Waals surface area contributed by atoms with E-state index in [0.717, 1.165) is 12.2 Å². The van der Waals surface area contributed by atoms with E-state index in [0.29, 0.717) is 4.90 Å². The van der Waals surface area contributed by atoms with Crippen molar-refractivity contribution in [1.29, 1.82) is 0 Å². The van der Waals surface area contributed by atoms with E-state index < -0.39 is 30.6 Å². The molecule has 1 N–H and O–H groups in total. The molecule has 4 nitrogen and oxygen atoms in total. The highest BCUT2D eigenvalue weighted by Crippen LogP contribution is 2.21. The molecule has 0 fully saturated rings. The molecule has 0 aromatic heterocycles. The van der Waals surface area contributed by atoms with Crippen molar-refractivity contribution in [2.75, 3.05) is 6.54 Å². The van der Waals surface area contributed by atoms with Gasteiger partial charge in [-0.15, -0.1) is 0 Å². The molecule has 1 aliphatic heterocycles. The van der Waals surface area contributed by atoms with Gasteiger partial charge in [-0.25, -0.2) is 0 Å². The number of β-amino-alcohol motifs (C(OH)–C–C–N with tert-alkyl or cyclic N) is 1. The Hall–Kier alpha value is -1.37. The van der Waals surface area contributed by atoms with Crippen molar-refractivity contribution in [1.82, 2.24) is 4.90 Å². The van der Waals surface area contributed by atoms with E-state index >= 15 is 0 Å². The maximum absolute atomic E-state index is 11.8. The van der Waals surface area contributed by atoms with Gasteiger partial charge >= 0.3 is 6.18 Å². The van der Waals surface area contributed by atoms with Crippen molar-refractivity contribution in [3.8, 4) is 0 Å². The van der Waals surface area contributed by atoms with Crippen LogP contribution in [0.1, 0.15) is 0 Å². The fraction of sp³-hybridized carbons (Fsp3) is 0.429. The van der Waals surface area contributed by atoms with Crippen LogP contribution in [0, 0.1) is 0 Å². The smallest absolute Gasteiger partial charge is 0.382 e. The van der Waals surface area contributed by atoms with Gasteiger partial charge in [-0.2, -0.15) is 13.2 Å². The summed E-state index contributed by atoms with van der Waals surface area (Å²) in [6, 6.07) is 0. The van der Waals surface area contributed by atoms with Crippen LogP contribution in [0.2, 0.25) is 0 Å². The molecule has 7 heteroatoms. The minimum atomic E-state index is -4.83. The van der Waals surface area contributed by atoms with Gasteiger partial charge in [0, 0.05) is 12.2 Å². The van der Waals surface area contributed by atoms with Crippen LogP contribution in [-0.4, -0.2) is 40.6 Å². The number of imide groups is 1. The monoisotopic (exact) mass is 209 g/mol. The summed E-state index contributed by atoms with van der Waals surface area (Å²) >= 11 is 0. The third kappa shape index (κ3) is 2.11. The Morgan fingerprint density at radius 3 is 2.07 bits per heavy atom. The summed E-state index contributed by atoms with van der Waals surface area (Å²) in [6.07, 6.45) is -5.82. The molecular weight excluding hydrogens is 203 g/mol. The van der Waals surface area contributed by atoms with E-state index in [1.807, 2.05) is 0 Å². The molecule has 0 aromatic rings. The van der Waals surface area contributed by atoms with Gasteiger partial charge in [0.1, 0.15) is 0 Å². The molecule has 0 spiro atoms. The highest BCUT2D eigenvalue weighted by atomic mass is 19.4. The predicted molar refractivity (Wildman–Crippen MR) is 37.9 cm³/mol. The van der Waals surface area contributed by atoms with Crippen LogP contribution in [0.3, 0.4) is 0 Å². The molecule has 2 amide bonds. The fourth-order valence-corrected chi connectivity index (χ4v) is 0.888. The first-order chi connectivity index (χ1) is 6.32. The zero-order valence-corrected chi connectivity index (χ0v) is 6.78. The summed E-state index contributed by atoms with van der Waals surface area (Å²) in [5, 5.41) is 8.58. The number of halogens is 3. The van der Waals surface area contributed by atoms with Crippen LogP contribution in [0.15, 0.2) is 12.2 Å². The van der Waals surface area contributed by atoms with Gasteiger partial charge in [0.25, 0.3) is 11.8 Å². The van der Waals surface area contributed by atoms with Crippen LogP contribution in [0.25, 0.3) is 0 Å². The Kier molecular flexibility index (Phi) is 2.61. The number of hydrogen-bond acceptors (Lipinski definition) is 3. The number of rotatable bonds is 2. The lowest BCUT2D eigenvalue weighted by Gasteiger charge is -2.20. The number of hydrogen-bond donors (Lipinski definition) is 1. The van der Waals surface area contributed by atoms with Gasteiger partial charge in [-0.05, 0) is 0 Å². The molecule has 1 unspecified atom stereocenters. The molecule has 1 heterocycles. The normalized spacial score (nSPS) is 19.3. The first kappa shape index (κ1) is 10.7. The SMILES string of the molecule is O=C1C=CC(=O)N1CC(O)C(F)(F)F. The lowest BCUT2D eigenvalue weighted by Crippen LogP contribution is -2.43. The van der Waals surface area contributed by atoms with E-state index in [4.69, 9.17) is 5.11 Å². The molecule has 1 atom stereocenters. The highest BCUT2D eigenvalue weighted by molar-refractivity contribution is 6.12. The Morgan fingerprint density at radius 1 is 1.29 bits per heavy atom. The Balaban J connectivity index is 2.62. The maximum Gasteiger partial charge on any atom is 0.416 e. The second-order valence-corrected chi connectivity index (χ2v) is 2.68. The summed E-state index contributed by atoms with van der Waals surface area (Å²) in [6.45, 7) is -1.06. The van der Waals surface area contributed by atoms with Crippen molar-refractivity contribution in [2.24, 2.45) is 0 Å². The second-order valence-electron chi connectivity index (χ2n) is 2.68. The Bertz CT molecular complexity index is 279. The zero-order valence-electron chi connectivity index (χ0n) is 6.78. The number of amides is 2. The lowest BCUT2D eigenvalue weighted by atomic mass is 10.3. The van der Waals surface area contributed by atoms with Crippen LogP contribution in [0.4, 0.5) is 13.2 Å². The standard InChI is InChI=1S/C7H6F3NO3/c8-7(9,10)4(12)3-11-5(13)1-2-6(11)14/h1-2,4,12H,3H2. The third-order valence-corrected chi connectivity index (χ3v) is 1.63. The molecule has 14 heavy (non-hydrogen) atoms. The van der Waals surface area contributed by atoms with Gasteiger partial charge < -0.3 is 5.11 Å². The minimum Gasteiger partial charge on any atom is -0.382 e. The van der Waals surface area contributed by atoms with Gasteiger partial charge in [-0.3, -0.25) is 14.5 Å². The number of nitrogens with zero attached hydrogens (tertiary/aromatic N) is 1. The van der Waals surface area contributed by atoms with Crippen molar-refractivity contribution < 1.29 is 27.9 Å². The topological polar surface area (TPSA) is 57.6 Å². The minimum absolute atomic E-state index is 0.332. The quantitative estimate of drug-likeness (QED) is 0.642. The van der Waals surface area contributed by atoms with E-state index in [-0.39, 0.29) is 0 Å². The molecule has 0 saturated carbocycles. The van der Waals surface area contributed by atoms with Crippen LogP contribution >= 0.6 is 0 Å². The van der Waals surface area contributed by atoms with Crippen LogP contribution < -0.4 is 0 Å². The Morgan fingerprint density at radius 2 is 1.71 bits per heavy atom. The first-order valence-corrected chi connectivity index (χ1v) is 3.60. The maximum atomic E-state index is 11.8. The van der Waals surface area contributed by atoms with Gasteiger partial charge in [0.05, 0.1) is 6.54 Å². The molecule has 0 aliphatic carbocycles. The van der Waals surface area contributed by atoms with Gasteiger partial charge in [0.2, 0.25) is 0 Å². The molecule has 1 aliphatic rings. The summed E-state index contributed by atoms with van der Waals surface area (Å²) in [5.74, 6) is -1.70. The van der Waals surface area contributed by atoms with E-state index in [1.54, 1.807) is 0 Å². The molecule has 78 valence electrons. The summed E-state index contributed by atoms with van der Waals surface area (Å²) in [4.78, 5) is 21.9. The first-order valence-electron chi connectivity index (χ1n) is 3.60. The fourth-order valence-electron chi connectivity index (χ4n) is 0.888. The van der Waals surface area contributed by atoms with E-state index in [1.165, 1.54) is 0 Å². The number of aliphatic hydroxyl groups is 1.